The Morgan fingerprint density at radius 1 is 0.721 bits per heavy atom. The monoisotopic (exact) mass is 1230 g/mol. The molecule has 1 saturated heterocycles. The maximum Gasteiger partial charge on any atom is 0.317 e. The lowest BCUT2D eigenvalue weighted by Crippen LogP contribution is -2.60. The van der Waals surface area contributed by atoms with Gasteiger partial charge in [-0.3, -0.25) is 29.0 Å². The van der Waals surface area contributed by atoms with Crippen molar-refractivity contribution in [3.8, 4) is 0 Å². The van der Waals surface area contributed by atoms with Crippen LogP contribution in [-0.2, 0) is 42.9 Å². The third-order valence-electron chi connectivity index (χ3n) is 16.7. The number of aliphatic hydroxyl groups excluding tert-OH is 9. The van der Waals surface area contributed by atoms with Crippen LogP contribution in [-0.4, -0.2) is 196 Å². The molecule has 0 amide bonds. The molecule has 22 atom stereocenters. The first-order chi connectivity index (χ1) is 40.3. The van der Waals surface area contributed by atoms with Crippen molar-refractivity contribution < 1.29 is 104 Å². The number of allylic oxidation sites excluding steroid dienone is 4. The quantitative estimate of drug-likeness (QED) is 0.0189. The van der Waals surface area contributed by atoms with E-state index in [0.29, 0.717) is 12.4 Å². The fraction of sp³-hybridized carbons (Fsp3) is 0.774. The molecule has 24 nitrogen and oxygen atoms in total. The van der Waals surface area contributed by atoms with Crippen molar-refractivity contribution in [1.29, 1.82) is 0 Å². The average Bonchev–Trinajstić information content (AvgIpc) is 1.53. The van der Waals surface area contributed by atoms with Gasteiger partial charge in [0.05, 0.1) is 60.9 Å². The van der Waals surface area contributed by atoms with Crippen LogP contribution < -0.4 is 11.1 Å². The zero-order valence-electron chi connectivity index (χ0n) is 51.8. The van der Waals surface area contributed by atoms with Gasteiger partial charge in [0.15, 0.2) is 11.7 Å². The fourth-order valence-corrected chi connectivity index (χ4v) is 10.8. The number of nitrogens with one attached hydrogen (secondary N) is 1. The summed E-state index contributed by atoms with van der Waals surface area (Å²) in [5.74, 6) is -13.1. The molecule has 0 aromatic carbocycles. The highest BCUT2D eigenvalue weighted by Gasteiger charge is 2.52. The summed E-state index contributed by atoms with van der Waals surface area (Å²) in [5.41, 5.74) is 5.69. The molecule has 2 bridgehead atoms. The molecule has 0 radical (unpaired) electrons. The minimum atomic E-state index is -2.74. The van der Waals surface area contributed by atoms with E-state index in [2.05, 4.69) is 29.4 Å². The summed E-state index contributed by atoms with van der Waals surface area (Å²) in [7, 11) is 1.62. The number of guanidine groups is 1. The minimum Gasteiger partial charge on any atom is -0.481 e. The number of carboxylic acid groups (broad SMARTS) is 2. The van der Waals surface area contributed by atoms with E-state index < -0.39 is 190 Å². The number of cyclic esters (lactones) is 1. The third-order valence-corrected chi connectivity index (χ3v) is 16.7. The van der Waals surface area contributed by atoms with E-state index >= 15 is 0 Å². The number of unbranched alkanes of at least 4 members (excludes halogenated alkanes) is 2. The molecule has 494 valence electrons. The molecular formula is C62H105N3O21. The number of carbonyl (C=O) groups is 5. The Labute approximate surface area is 507 Å². The highest BCUT2D eigenvalue weighted by atomic mass is 16.7. The van der Waals surface area contributed by atoms with E-state index in [1.165, 1.54) is 32.1 Å². The first kappa shape index (κ1) is 77.2. The van der Waals surface area contributed by atoms with Crippen LogP contribution in [0.4, 0.5) is 0 Å². The van der Waals surface area contributed by atoms with Crippen molar-refractivity contribution in [2.24, 2.45) is 58.1 Å². The van der Waals surface area contributed by atoms with Crippen molar-refractivity contribution >= 4 is 35.8 Å². The zero-order chi connectivity index (χ0) is 65.0. The number of esters is 3. The predicted octanol–water partition coefficient (Wildman–Crippen LogP) is 3.33. The molecule has 1 fully saturated rings. The van der Waals surface area contributed by atoms with Gasteiger partial charge in [-0.05, 0) is 76.0 Å². The second-order valence-corrected chi connectivity index (χ2v) is 24.4. The smallest absolute Gasteiger partial charge is 0.317 e. The van der Waals surface area contributed by atoms with Gasteiger partial charge in [-0.1, -0.05) is 103 Å². The summed E-state index contributed by atoms with van der Waals surface area (Å²) < 4.78 is 22.9. The van der Waals surface area contributed by atoms with E-state index in [9.17, 15) is 85.3 Å². The number of aliphatic imine (C=N–C) groups is 1. The van der Waals surface area contributed by atoms with Crippen LogP contribution in [0.5, 0.6) is 0 Å². The molecule has 2 aliphatic heterocycles. The molecule has 0 aromatic rings. The number of aliphatic carboxylic acids is 2. The number of nitrogens with two attached hydrogens (primary N) is 1. The number of hydrogen-bond acceptors (Lipinski definition) is 20. The van der Waals surface area contributed by atoms with Crippen LogP contribution in [0, 0.1) is 47.3 Å². The van der Waals surface area contributed by atoms with Crippen LogP contribution in [0.25, 0.3) is 0 Å². The van der Waals surface area contributed by atoms with Crippen molar-refractivity contribution in [2.45, 2.75) is 243 Å². The van der Waals surface area contributed by atoms with Gasteiger partial charge in [0.1, 0.15) is 37.3 Å². The van der Waals surface area contributed by atoms with Crippen molar-refractivity contribution in [3.05, 3.63) is 48.6 Å². The van der Waals surface area contributed by atoms with E-state index in [1.807, 2.05) is 13.8 Å². The summed E-state index contributed by atoms with van der Waals surface area (Å²) in [6.07, 6.45) is -3.69. The standard InChI is InChI=1S/C62H105N3O21/c1-35(18-14-12-10-11-13-17-25-65-61(63)64-9)26-39(5)58-38(4)19-15-16-20-46(67)40(6)50(71)28-43(66)27-44(83-56(78)32-54(74)75)29-45-30-53(84-57(79)33-55(76)77)59(80)62(82,86-45)34-52(73)37(3)22-23-47(68)41(7)51(72)31-49(70)36(2)21-24-48(69)42(8)60(81)85-58/h10-11,15-16,19-21,24,35-53,58-59,66-73,80,82H,12-14,17-18,22-23,25-34H2,1-9H3,(H,74,75)(H,76,77)(H3,63,64,65)/b11-10+,19-15-,20-16-,24-21-/t35-,36-,37-,38-,39-,40+,41+,42+,43-,44-,45+,46+,47-,48+,49+,50+,51-,52+,53-,58-,59+,62-/m0/s1. The Bertz CT molecular complexity index is 2200. The molecule has 0 unspecified atom stereocenters. The number of ether oxygens (including phenoxy) is 4. The average molecular weight is 1230 g/mol. The van der Waals surface area contributed by atoms with Gasteiger partial charge in [-0.15, -0.1) is 0 Å². The molecule has 15 N–H and O–H groups in total. The Morgan fingerprint density at radius 3 is 1.95 bits per heavy atom. The number of fused-ring (bicyclic) bond motifs is 2. The Morgan fingerprint density at radius 2 is 1.33 bits per heavy atom. The lowest BCUT2D eigenvalue weighted by molar-refractivity contribution is -0.334. The summed E-state index contributed by atoms with van der Waals surface area (Å²) in [6.45, 7) is 14.6. The highest BCUT2D eigenvalue weighted by Crippen LogP contribution is 2.38. The third kappa shape index (κ3) is 28.5. The number of aliphatic hydroxyl groups is 10. The zero-order valence-corrected chi connectivity index (χ0v) is 51.8. The van der Waals surface area contributed by atoms with Gasteiger partial charge in [0.2, 0.25) is 0 Å². The lowest BCUT2D eigenvalue weighted by Gasteiger charge is -2.46. The molecular weight excluding hydrogens is 1120 g/mol. The molecule has 0 aromatic heterocycles. The van der Waals surface area contributed by atoms with E-state index in [0.717, 1.165) is 38.6 Å². The van der Waals surface area contributed by atoms with Crippen LogP contribution in [0.2, 0.25) is 0 Å². The summed E-state index contributed by atoms with van der Waals surface area (Å²) >= 11 is 0. The SMILES string of the molecule is CN=C(N)NCCC/C=C/CCC[C@H](C)C[C@H](C)[C@H]1OC(=O)[C@H](C)[C@H](O)/C=C\[C@H](C)[C@H](O)C[C@H](O)[C@H](C)[C@@H](O)CC[C@H](C)[C@H](O)C[C@]2(O)O[C@H](C[C@@H](OC(=O)CC(=O)O)C[C@H](O)C[C@@H](O)[C@H](C)[C@H](O)/C=C\C=C/[C@@H]1C)C[C@H](OC(=O)CC(=O)O)[C@H]2O. The number of hydrogen-bond donors (Lipinski definition) is 14. The van der Waals surface area contributed by atoms with Gasteiger partial charge < -0.3 is 91.3 Å². The summed E-state index contributed by atoms with van der Waals surface area (Å²) in [4.78, 5) is 66.1. The molecule has 2 heterocycles. The lowest BCUT2D eigenvalue weighted by atomic mass is 9.83. The van der Waals surface area contributed by atoms with Gasteiger partial charge in [-0.2, -0.15) is 0 Å². The first-order valence-electron chi connectivity index (χ1n) is 30.5. The molecule has 86 heavy (non-hydrogen) atoms. The number of carboxylic acids is 2. The predicted molar refractivity (Wildman–Crippen MR) is 318 cm³/mol. The molecule has 2 aliphatic rings. The minimum absolute atomic E-state index is 0.00495. The normalized spacial score (nSPS) is 36.9. The molecule has 2 rings (SSSR count). The second-order valence-electron chi connectivity index (χ2n) is 24.4. The van der Waals surface area contributed by atoms with Crippen LogP contribution in [0.3, 0.4) is 0 Å². The molecule has 0 aliphatic carbocycles. The van der Waals surface area contributed by atoms with Crippen molar-refractivity contribution in [3.63, 3.8) is 0 Å². The van der Waals surface area contributed by atoms with Crippen molar-refractivity contribution in [1.82, 2.24) is 5.32 Å². The summed E-state index contributed by atoms with van der Waals surface area (Å²) in [5, 5.41) is 135. The van der Waals surface area contributed by atoms with Gasteiger partial charge in [0, 0.05) is 69.4 Å². The molecule has 0 saturated carbocycles. The maximum atomic E-state index is 13.9. The van der Waals surface area contributed by atoms with Gasteiger partial charge >= 0.3 is 29.8 Å². The largest absolute Gasteiger partial charge is 0.481 e. The van der Waals surface area contributed by atoms with E-state index in [1.54, 1.807) is 46.0 Å². The van der Waals surface area contributed by atoms with Crippen molar-refractivity contribution in [2.75, 3.05) is 13.6 Å². The van der Waals surface area contributed by atoms with Gasteiger partial charge in [-0.25, -0.2) is 0 Å². The molecule has 24 heteroatoms. The summed E-state index contributed by atoms with van der Waals surface area (Å²) in [6, 6.07) is 0. The van der Waals surface area contributed by atoms with E-state index in [-0.39, 0.29) is 37.0 Å². The Kier molecular flexibility index (Phi) is 35.2. The Hall–Kier alpha value is -4.86. The fourth-order valence-electron chi connectivity index (χ4n) is 10.8. The number of rotatable bonds is 17. The van der Waals surface area contributed by atoms with Crippen LogP contribution in [0.1, 0.15) is 158 Å². The number of nitrogens with zero attached hydrogens (tertiary/aromatic N) is 1. The maximum absolute atomic E-state index is 13.9. The first-order valence-corrected chi connectivity index (χ1v) is 30.5. The number of carbonyl (C=O) groups excluding carboxylic acids is 3. The van der Waals surface area contributed by atoms with Crippen LogP contribution >= 0.6 is 0 Å². The topological polar surface area (TPSA) is 415 Å². The van der Waals surface area contributed by atoms with Crippen LogP contribution in [0.15, 0.2) is 53.6 Å². The second kappa shape index (κ2) is 39.2. The van der Waals surface area contributed by atoms with Gasteiger partial charge in [0.25, 0.3) is 0 Å². The highest BCUT2D eigenvalue weighted by molar-refractivity contribution is 5.90. The molecule has 0 spiro atoms. The Balaban J connectivity index is 2.53. The van der Waals surface area contributed by atoms with E-state index in [4.69, 9.17) is 24.7 Å².